The van der Waals surface area contributed by atoms with Gasteiger partial charge in [0.2, 0.25) is 0 Å². The van der Waals surface area contributed by atoms with E-state index >= 15 is 4.39 Å². The summed E-state index contributed by atoms with van der Waals surface area (Å²) in [6, 6.07) is 5.79. The second-order valence-corrected chi connectivity index (χ2v) is 15.9. The Kier molecular flexibility index (Phi) is 7.89. The molecule has 0 heterocycles. The Morgan fingerprint density at radius 2 is 1.74 bits per heavy atom. The van der Waals surface area contributed by atoms with E-state index in [0.717, 1.165) is 24.8 Å². The minimum atomic E-state index is -3.89. The summed E-state index contributed by atoms with van der Waals surface area (Å²) in [6.45, 7) is 11.9. The van der Waals surface area contributed by atoms with E-state index in [4.69, 9.17) is 0 Å². The molecule has 0 spiro atoms. The van der Waals surface area contributed by atoms with Crippen LogP contribution in [0.4, 0.5) is 9.18 Å². The number of benzene rings is 1. The van der Waals surface area contributed by atoms with Crippen LogP contribution in [0.2, 0.25) is 0 Å². The number of fused-ring (bicyclic) bond motifs is 5. The Morgan fingerprint density at radius 1 is 1.05 bits per heavy atom. The van der Waals surface area contributed by atoms with Crippen molar-refractivity contribution in [3.8, 4) is 0 Å². The molecular formula is C32H49FN2O3S. The minimum absolute atomic E-state index is 0.0876. The first-order valence-corrected chi connectivity index (χ1v) is 16.9. The normalized spacial score (nSPS) is 40.6. The number of amides is 2. The molecule has 5 rings (SSSR count). The van der Waals surface area contributed by atoms with Crippen molar-refractivity contribution >= 4 is 16.1 Å². The zero-order chi connectivity index (χ0) is 28.2. The average molecular weight is 561 g/mol. The molecule has 4 aliphatic rings. The number of alkyl halides is 1. The fraction of sp³-hybridized carbons (Fsp3) is 0.781. The van der Waals surface area contributed by atoms with Crippen LogP contribution in [0.5, 0.6) is 0 Å². The van der Waals surface area contributed by atoms with Gasteiger partial charge < -0.3 is 5.32 Å². The summed E-state index contributed by atoms with van der Waals surface area (Å²) in [7, 11) is -3.89. The van der Waals surface area contributed by atoms with Crippen molar-refractivity contribution in [2.24, 2.45) is 52.3 Å². The highest BCUT2D eigenvalue weighted by atomic mass is 32.2. The van der Waals surface area contributed by atoms with Crippen LogP contribution in [0.3, 0.4) is 0 Å². The summed E-state index contributed by atoms with van der Waals surface area (Å²) in [5.74, 6) is 3.82. The van der Waals surface area contributed by atoms with Crippen LogP contribution >= 0.6 is 0 Å². The third kappa shape index (κ3) is 5.15. The molecule has 2 amide bonds. The SMILES string of the molecule is Cc1ccc(S(=O)(=O)NC(=O)NCC[C@@H](C)C2CCC3C4C[C@H](C)[C@@H]5[C@@H](F)CCC[C@]5(C)C4CC[C@@]32C)cc1. The second kappa shape index (κ2) is 10.6. The smallest absolute Gasteiger partial charge is 0.328 e. The highest BCUT2D eigenvalue weighted by Crippen LogP contribution is 2.69. The first-order chi connectivity index (χ1) is 18.4. The van der Waals surface area contributed by atoms with E-state index in [-0.39, 0.29) is 16.2 Å². The van der Waals surface area contributed by atoms with Crippen molar-refractivity contribution in [2.45, 2.75) is 103 Å². The van der Waals surface area contributed by atoms with Crippen LogP contribution in [0.25, 0.3) is 0 Å². The van der Waals surface area contributed by atoms with Crippen molar-refractivity contribution < 1.29 is 17.6 Å². The Hall–Kier alpha value is -1.63. The van der Waals surface area contributed by atoms with Crippen molar-refractivity contribution in [1.82, 2.24) is 10.0 Å². The molecule has 0 aromatic heterocycles. The fourth-order valence-corrected chi connectivity index (χ4v) is 11.3. The van der Waals surface area contributed by atoms with Gasteiger partial charge >= 0.3 is 6.03 Å². The molecule has 0 radical (unpaired) electrons. The number of rotatable bonds is 6. The molecule has 7 heteroatoms. The van der Waals surface area contributed by atoms with Gasteiger partial charge in [-0.2, -0.15) is 0 Å². The second-order valence-electron chi connectivity index (χ2n) is 14.2. The predicted octanol–water partition coefficient (Wildman–Crippen LogP) is 7.25. The maximum atomic E-state index is 15.2. The number of urea groups is 1. The summed E-state index contributed by atoms with van der Waals surface area (Å²) >= 11 is 0. The topological polar surface area (TPSA) is 75.3 Å². The van der Waals surface area contributed by atoms with Crippen molar-refractivity contribution in [2.75, 3.05) is 6.54 Å². The van der Waals surface area contributed by atoms with Gasteiger partial charge in [-0.15, -0.1) is 0 Å². The van der Waals surface area contributed by atoms with Crippen molar-refractivity contribution in [3.05, 3.63) is 29.8 Å². The van der Waals surface area contributed by atoms with E-state index < -0.39 is 22.2 Å². The molecule has 1 aromatic rings. The maximum Gasteiger partial charge on any atom is 0.328 e. The van der Waals surface area contributed by atoms with Crippen LogP contribution in [-0.4, -0.2) is 27.2 Å². The first-order valence-electron chi connectivity index (χ1n) is 15.4. The number of carbonyl (C=O) groups is 1. The molecular weight excluding hydrogens is 511 g/mol. The van der Waals surface area contributed by atoms with Gasteiger partial charge in [0.05, 0.1) is 4.90 Å². The Labute approximate surface area is 235 Å². The number of hydrogen-bond donors (Lipinski definition) is 2. The number of hydrogen-bond acceptors (Lipinski definition) is 3. The van der Waals surface area contributed by atoms with E-state index in [1.54, 1.807) is 12.1 Å². The lowest BCUT2D eigenvalue weighted by molar-refractivity contribution is -0.153. The number of nitrogens with one attached hydrogen (secondary N) is 2. The molecule has 0 saturated heterocycles. The van der Waals surface area contributed by atoms with Crippen LogP contribution in [0, 0.1) is 59.2 Å². The Bertz CT molecular complexity index is 1160. The highest BCUT2D eigenvalue weighted by Gasteiger charge is 2.62. The van der Waals surface area contributed by atoms with Crippen molar-refractivity contribution in [3.63, 3.8) is 0 Å². The molecule has 0 bridgehead atoms. The fourth-order valence-electron chi connectivity index (χ4n) is 10.4. The van der Waals surface area contributed by atoms with Gasteiger partial charge in [0.15, 0.2) is 0 Å². The highest BCUT2D eigenvalue weighted by molar-refractivity contribution is 7.90. The zero-order valence-corrected chi connectivity index (χ0v) is 25.3. The molecule has 1 aromatic carbocycles. The lowest BCUT2D eigenvalue weighted by atomic mass is 9.42. The van der Waals surface area contributed by atoms with Gasteiger partial charge in [-0.25, -0.2) is 22.3 Å². The van der Waals surface area contributed by atoms with E-state index in [1.807, 2.05) is 6.92 Å². The third-order valence-electron chi connectivity index (χ3n) is 12.1. The van der Waals surface area contributed by atoms with E-state index in [2.05, 4.69) is 37.7 Å². The number of aryl methyl sites for hydroxylation is 1. The van der Waals surface area contributed by atoms with E-state index in [0.29, 0.717) is 47.5 Å². The summed E-state index contributed by atoms with van der Waals surface area (Å²) in [5, 5.41) is 2.79. The lowest BCUT2D eigenvalue weighted by Crippen LogP contribution is -2.57. The largest absolute Gasteiger partial charge is 0.337 e. The van der Waals surface area contributed by atoms with E-state index in [1.165, 1.54) is 50.7 Å². The Balaban J connectivity index is 1.18. The van der Waals surface area contributed by atoms with Crippen LogP contribution < -0.4 is 10.0 Å². The van der Waals surface area contributed by atoms with Crippen molar-refractivity contribution in [1.29, 1.82) is 0 Å². The summed E-state index contributed by atoms with van der Waals surface area (Å²) in [4.78, 5) is 12.5. The molecule has 0 aliphatic heterocycles. The molecule has 2 N–H and O–H groups in total. The molecule has 4 fully saturated rings. The standard InChI is InChI=1S/C32H49FN2O3S/c1-20-8-10-23(11-9-20)39(37,38)35-30(36)34-18-15-21(2)25-12-13-26-24-19-22(3)29-28(33)7-6-16-32(29,5)27(24)14-17-31(25,26)4/h8-11,21-22,24-29H,6-7,12-19H2,1-5H3,(H2,34,35,36)/t21-,22+,24?,25?,26?,27?,28+,29-,31-,32-/m1/s1. The third-order valence-corrected chi connectivity index (χ3v) is 13.4. The minimum Gasteiger partial charge on any atom is -0.337 e. The van der Waals surface area contributed by atoms with Gasteiger partial charge in [0, 0.05) is 6.54 Å². The van der Waals surface area contributed by atoms with Crippen LogP contribution in [-0.2, 0) is 10.0 Å². The quantitative estimate of drug-likeness (QED) is 0.385. The maximum absolute atomic E-state index is 15.2. The van der Waals surface area contributed by atoms with E-state index in [9.17, 15) is 13.2 Å². The van der Waals surface area contributed by atoms with Gasteiger partial charge in [-0.05, 0) is 129 Å². The monoisotopic (exact) mass is 560 g/mol. The predicted molar refractivity (Wildman–Crippen MR) is 153 cm³/mol. The summed E-state index contributed by atoms with van der Waals surface area (Å²) in [5.41, 5.74) is 1.41. The number of carbonyl (C=O) groups excluding carboxylic acids is 1. The average Bonchev–Trinajstić information content (AvgIpc) is 3.21. The first kappa shape index (κ1) is 28.9. The Morgan fingerprint density at radius 3 is 2.46 bits per heavy atom. The summed E-state index contributed by atoms with van der Waals surface area (Å²) < 4.78 is 42.4. The molecule has 4 aliphatic carbocycles. The molecule has 10 atom stereocenters. The van der Waals surface area contributed by atoms with Crippen LogP contribution in [0.1, 0.15) is 91.0 Å². The van der Waals surface area contributed by atoms with Gasteiger partial charge in [0.1, 0.15) is 6.17 Å². The lowest BCUT2D eigenvalue weighted by Gasteiger charge is -2.63. The number of sulfonamides is 1. The molecule has 39 heavy (non-hydrogen) atoms. The zero-order valence-electron chi connectivity index (χ0n) is 24.5. The molecule has 218 valence electrons. The van der Waals surface area contributed by atoms with Gasteiger partial charge in [0.25, 0.3) is 10.0 Å². The molecule has 5 nitrogen and oxygen atoms in total. The molecule has 4 unspecified atom stereocenters. The van der Waals surface area contributed by atoms with Gasteiger partial charge in [-0.3, -0.25) is 0 Å². The number of halogens is 1. The molecule has 4 saturated carbocycles. The van der Waals surface area contributed by atoms with Crippen LogP contribution in [0.15, 0.2) is 29.2 Å². The summed E-state index contributed by atoms with van der Waals surface area (Å²) in [6.07, 6.45) is 9.33. The van der Waals surface area contributed by atoms with Gasteiger partial charge in [-0.1, -0.05) is 45.4 Å².